The fourth-order valence-corrected chi connectivity index (χ4v) is 9.71. The maximum absolute atomic E-state index is 14.5. The summed E-state index contributed by atoms with van der Waals surface area (Å²) in [7, 11) is 3.33. The van der Waals surface area contributed by atoms with Gasteiger partial charge in [-0.15, -0.1) is 0 Å². The molecule has 65 heavy (non-hydrogen) atoms. The van der Waals surface area contributed by atoms with Crippen LogP contribution in [0.2, 0.25) is 0 Å². The molecule has 4 aliphatic rings. The summed E-state index contributed by atoms with van der Waals surface area (Å²) in [5, 5.41) is 18.1. The van der Waals surface area contributed by atoms with Crippen LogP contribution in [0.3, 0.4) is 0 Å². The van der Waals surface area contributed by atoms with Gasteiger partial charge in [0.1, 0.15) is 24.2 Å². The summed E-state index contributed by atoms with van der Waals surface area (Å²) >= 11 is 0. The summed E-state index contributed by atoms with van der Waals surface area (Å²) in [6.45, 7) is 4.11. The first-order chi connectivity index (χ1) is 31.5. The third-order valence-corrected chi connectivity index (χ3v) is 13.7. The molecule has 348 valence electrons. The number of nitrogens with one attached hydrogen (secondary N) is 6. The van der Waals surface area contributed by atoms with Crippen molar-refractivity contribution in [3.8, 4) is 0 Å². The number of likely N-dealkylation sites (tertiary alicyclic amines) is 2. The van der Waals surface area contributed by atoms with Crippen LogP contribution < -0.4 is 31.9 Å². The predicted octanol–water partition coefficient (Wildman–Crippen LogP) is 3.43. The van der Waals surface area contributed by atoms with Crippen molar-refractivity contribution in [1.29, 1.82) is 0 Å². The minimum Gasteiger partial charge on any atom is -0.374 e. The third kappa shape index (κ3) is 11.3. The molecule has 2 saturated heterocycles. The Morgan fingerprint density at radius 3 is 1.63 bits per heavy atom. The lowest BCUT2D eigenvalue weighted by Gasteiger charge is -2.32. The van der Waals surface area contributed by atoms with Crippen molar-refractivity contribution < 1.29 is 33.5 Å². The van der Waals surface area contributed by atoms with Gasteiger partial charge in [0.05, 0.1) is 37.4 Å². The number of aryl methyl sites for hydroxylation is 2. The molecule has 3 aromatic carbocycles. The highest BCUT2D eigenvalue weighted by atomic mass is 16.5. The minimum absolute atomic E-state index is 0.0763. The van der Waals surface area contributed by atoms with E-state index in [0.717, 1.165) is 55.2 Å². The first kappa shape index (κ1) is 47.3. The van der Waals surface area contributed by atoms with Gasteiger partial charge < -0.3 is 46.4 Å². The molecular formula is C50H66N8O7. The molecule has 15 heteroatoms. The normalized spacial score (nSPS) is 22.1. The minimum atomic E-state index is -1.05. The van der Waals surface area contributed by atoms with Crippen molar-refractivity contribution in [2.24, 2.45) is 0 Å². The molecule has 0 spiro atoms. The van der Waals surface area contributed by atoms with Gasteiger partial charge in [-0.1, -0.05) is 72.8 Å². The Labute approximate surface area is 382 Å². The number of nitrogens with zero attached hydrogens (tertiary/aromatic N) is 2. The average Bonchev–Trinajstić information content (AvgIpc) is 4.04. The molecule has 0 aromatic heterocycles. The number of benzene rings is 3. The number of hydrogen-bond donors (Lipinski definition) is 6. The van der Waals surface area contributed by atoms with E-state index in [1.807, 2.05) is 24.3 Å². The van der Waals surface area contributed by atoms with Crippen LogP contribution in [0.5, 0.6) is 0 Å². The second kappa shape index (κ2) is 22.0. The van der Waals surface area contributed by atoms with Gasteiger partial charge in [0.25, 0.3) is 0 Å². The number of ether oxygens (including phenoxy) is 1. The Morgan fingerprint density at radius 2 is 1.11 bits per heavy atom. The summed E-state index contributed by atoms with van der Waals surface area (Å²) in [4.78, 5) is 86.0. The third-order valence-electron chi connectivity index (χ3n) is 13.7. The summed E-state index contributed by atoms with van der Waals surface area (Å²) in [5.74, 6) is -1.88. The van der Waals surface area contributed by atoms with Crippen LogP contribution in [0, 0.1) is 0 Å². The van der Waals surface area contributed by atoms with Crippen LogP contribution in [0.4, 0.5) is 0 Å². The van der Waals surface area contributed by atoms with Gasteiger partial charge in [-0.25, -0.2) is 0 Å². The topological polar surface area (TPSA) is 190 Å². The standard InChI is InChI=1S/C50H66N8O7/c1-31(51-3)45(59)55-41(49(63)57-27-11-21-42(57)47(61)53-39-19-9-15-34-13-5-7-17-37(34)39)30-65-29-33-23-25-36(26-24-33)44(56-46(60)32(2)52-4)50(64)58-28-12-22-43(58)48(62)54-40-20-10-16-35-14-6-8-18-38(35)40/h5-8,13-14,17-18,23-26,31-32,39-44,51-52H,9-12,15-16,19-22,27-30H2,1-4H3,(H,53,61)(H,54,62)(H,55,59)(H,56,60)/t31-,32-,39+,40+,41-,42-,43-,44-/m0/s1. The zero-order valence-corrected chi connectivity index (χ0v) is 38.2. The smallest absolute Gasteiger partial charge is 0.250 e. The quantitative estimate of drug-likeness (QED) is 0.118. The zero-order valence-electron chi connectivity index (χ0n) is 38.2. The van der Waals surface area contributed by atoms with Gasteiger partial charge >= 0.3 is 0 Å². The number of carbonyl (C=O) groups is 6. The second-order valence-electron chi connectivity index (χ2n) is 18.0. The monoisotopic (exact) mass is 891 g/mol. The highest BCUT2D eigenvalue weighted by Gasteiger charge is 2.41. The van der Waals surface area contributed by atoms with E-state index in [0.29, 0.717) is 44.3 Å². The van der Waals surface area contributed by atoms with Crippen LogP contribution in [0.25, 0.3) is 0 Å². The first-order valence-corrected chi connectivity index (χ1v) is 23.5. The number of likely N-dealkylation sites (N-methyl/N-ethyl adjacent to an activating group) is 2. The van der Waals surface area contributed by atoms with Crippen molar-refractivity contribution >= 4 is 35.4 Å². The summed E-state index contributed by atoms with van der Waals surface area (Å²) < 4.78 is 6.12. The van der Waals surface area contributed by atoms with Crippen LogP contribution in [0.15, 0.2) is 72.8 Å². The fraction of sp³-hybridized carbons (Fsp3) is 0.520. The molecule has 6 amide bonds. The van der Waals surface area contributed by atoms with E-state index in [1.165, 1.54) is 11.1 Å². The van der Waals surface area contributed by atoms with E-state index in [2.05, 4.69) is 56.2 Å². The number of hydrogen-bond acceptors (Lipinski definition) is 9. The van der Waals surface area contributed by atoms with Crippen molar-refractivity contribution in [3.05, 3.63) is 106 Å². The lowest BCUT2D eigenvalue weighted by molar-refractivity contribution is -0.143. The number of carbonyl (C=O) groups excluding carboxylic acids is 6. The van der Waals surface area contributed by atoms with E-state index < -0.39 is 36.3 Å². The van der Waals surface area contributed by atoms with Crippen molar-refractivity contribution in [1.82, 2.24) is 41.7 Å². The van der Waals surface area contributed by atoms with E-state index in [4.69, 9.17) is 4.74 Å². The van der Waals surface area contributed by atoms with E-state index in [1.54, 1.807) is 62.0 Å². The lowest BCUT2D eigenvalue weighted by atomic mass is 9.87. The molecule has 6 N–H and O–H groups in total. The van der Waals surface area contributed by atoms with Crippen LogP contribution >= 0.6 is 0 Å². The molecule has 7 rings (SSSR count). The van der Waals surface area contributed by atoms with E-state index in [9.17, 15) is 28.8 Å². The van der Waals surface area contributed by atoms with E-state index >= 15 is 0 Å². The van der Waals surface area contributed by atoms with Crippen molar-refractivity contribution in [3.63, 3.8) is 0 Å². The molecule has 2 fully saturated rings. The molecule has 0 bridgehead atoms. The Bertz CT molecular complexity index is 2180. The molecule has 2 heterocycles. The number of fused-ring (bicyclic) bond motifs is 2. The molecule has 2 aliphatic carbocycles. The average molecular weight is 891 g/mol. The molecule has 2 aliphatic heterocycles. The Balaban J connectivity index is 1.01. The highest BCUT2D eigenvalue weighted by Crippen LogP contribution is 2.32. The van der Waals surface area contributed by atoms with Gasteiger partial charge in [-0.3, -0.25) is 28.8 Å². The molecule has 0 saturated carbocycles. The highest BCUT2D eigenvalue weighted by molar-refractivity contribution is 5.95. The fourth-order valence-electron chi connectivity index (χ4n) is 9.71. The first-order valence-electron chi connectivity index (χ1n) is 23.5. The van der Waals surface area contributed by atoms with Crippen LogP contribution in [-0.4, -0.2) is 109 Å². The Kier molecular flexibility index (Phi) is 16.0. The SMILES string of the molecule is CN[C@@H](C)C(=O)N[C@@H](COCc1ccc([C@H](NC(=O)[C@H](C)NC)C(=O)N2CCC[C@H]2C(=O)N[C@@H]2CCCc3ccccc32)cc1)C(=O)N1CCC[C@H]1C(=O)N[C@@H]1CCCc2ccccc21. The van der Waals surface area contributed by atoms with Gasteiger partial charge in [-0.2, -0.15) is 0 Å². The van der Waals surface area contributed by atoms with Crippen molar-refractivity contribution in [2.75, 3.05) is 33.8 Å². The molecule has 0 unspecified atom stereocenters. The lowest BCUT2D eigenvalue weighted by Crippen LogP contribution is -2.57. The summed E-state index contributed by atoms with van der Waals surface area (Å²) in [5.41, 5.74) is 5.97. The van der Waals surface area contributed by atoms with Gasteiger partial charge in [0, 0.05) is 13.1 Å². The molecule has 8 atom stereocenters. The number of rotatable bonds is 17. The van der Waals surface area contributed by atoms with Gasteiger partial charge in [0.15, 0.2) is 0 Å². The Morgan fingerprint density at radius 1 is 0.615 bits per heavy atom. The molecule has 3 aromatic rings. The molecule has 0 radical (unpaired) electrons. The van der Waals surface area contributed by atoms with Crippen LogP contribution in [0.1, 0.15) is 117 Å². The largest absolute Gasteiger partial charge is 0.374 e. The second-order valence-corrected chi connectivity index (χ2v) is 18.0. The van der Waals surface area contributed by atoms with Crippen molar-refractivity contribution in [2.45, 2.75) is 133 Å². The van der Waals surface area contributed by atoms with Gasteiger partial charge in [-0.05, 0) is 126 Å². The number of amides is 6. The molecule has 15 nitrogen and oxygen atoms in total. The summed E-state index contributed by atoms with van der Waals surface area (Å²) in [6, 6.07) is 18.6. The van der Waals surface area contributed by atoms with Crippen LogP contribution in [-0.2, 0) is 53.0 Å². The van der Waals surface area contributed by atoms with Gasteiger partial charge in [0.2, 0.25) is 35.4 Å². The molecular weight excluding hydrogens is 825 g/mol. The zero-order chi connectivity index (χ0) is 46.0. The maximum atomic E-state index is 14.5. The summed E-state index contributed by atoms with van der Waals surface area (Å²) in [6.07, 6.45) is 7.89. The Hall–Kier alpha value is -5.64. The maximum Gasteiger partial charge on any atom is 0.250 e. The van der Waals surface area contributed by atoms with E-state index in [-0.39, 0.29) is 60.7 Å². The predicted molar refractivity (Wildman–Crippen MR) is 246 cm³/mol.